The molecule has 27 heavy (non-hydrogen) atoms. The van der Waals surface area contributed by atoms with Crippen LogP contribution >= 0.6 is 15.9 Å². The first-order valence-corrected chi connectivity index (χ1v) is 10.8. The van der Waals surface area contributed by atoms with E-state index in [1.807, 2.05) is 28.9 Å². The van der Waals surface area contributed by atoms with E-state index in [2.05, 4.69) is 38.5 Å². The first-order chi connectivity index (χ1) is 13.0. The smallest absolute Gasteiger partial charge is 0.226 e. The highest BCUT2D eigenvalue weighted by atomic mass is 79.9. The molecule has 2 unspecified atom stereocenters. The fourth-order valence-electron chi connectivity index (χ4n) is 6.39. The van der Waals surface area contributed by atoms with Crippen molar-refractivity contribution in [3.05, 3.63) is 48.2 Å². The van der Waals surface area contributed by atoms with Gasteiger partial charge in [-0.25, -0.2) is 4.68 Å². The van der Waals surface area contributed by atoms with E-state index in [1.165, 1.54) is 37.7 Å². The van der Waals surface area contributed by atoms with E-state index in [1.54, 1.807) is 6.20 Å². The van der Waals surface area contributed by atoms with Crippen LogP contribution in [-0.2, 0) is 11.3 Å². The number of halogens is 1. The summed E-state index contributed by atoms with van der Waals surface area (Å²) in [7, 11) is 0. The number of nitrogens with one attached hydrogen (secondary N) is 1. The lowest BCUT2D eigenvalue weighted by Gasteiger charge is -2.60. The van der Waals surface area contributed by atoms with Crippen LogP contribution in [0.4, 0.5) is 5.82 Å². The lowest BCUT2D eigenvalue weighted by molar-refractivity contribution is -0.123. The summed E-state index contributed by atoms with van der Waals surface area (Å²) >= 11 is 4.05. The highest BCUT2D eigenvalue weighted by molar-refractivity contribution is 9.10. The fraction of sp³-hybridized carbons (Fsp3) is 0.545. The molecule has 0 spiro atoms. The third kappa shape index (κ3) is 3.46. The number of hydrogen-bond donors (Lipinski definition) is 1. The average Bonchev–Trinajstić information content (AvgIpc) is 2.99. The van der Waals surface area contributed by atoms with Gasteiger partial charge in [0.25, 0.3) is 0 Å². The molecule has 1 aromatic carbocycles. The molecule has 4 fully saturated rings. The van der Waals surface area contributed by atoms with Crippen molar-refractivity contribution in [1.29, 1.82) is 0 Å². The number of rotatable bonds is 5. The number of carbonyl (C=O) groups is 1. The van der Waals surface area contributed by atoms with E-state index in [4.69, 9.17) is 0 Å². The van der Waals surface area contributed by atoms with Crippen LogP contribution in [0.2, 0.25) is 0 Å². The SMILES string of the molecule is O=C(CC12CC3CC(CC(Br)(C3)C1)C2)Nc1ccnn1Cc1ccccc1. The van der Waals surface area contributed by atoms with E-state index in [0.717, 1.165) is 24.1 Å². The molecule has 4 aliphatic rings. The molecule has 2 atom stereocenters. The zero-order valence-electron chi connectivity index (χ0n) is 15.5. The van der Waals surface area contributed by atoms with Gasteiger partial charge in [0.1, 0.15) is 5.82 Å². The van der Waals surface area contributed by atoms with Crippen LogP contribution in [0, 0.1) is 17.3 Å². The second-order valence-electron chi connectivity index (χ2n) is 9.20. The molecule has 1 aromatic heterocycles. The molecule has 6 rings (SSSR count). The average molecular weight is 428 g/mol. The minimum absolute atomic E-state index is 0.142. The summed E-state index contributed by atoms with van der Waals surface area (Å²) in [5.74, 6) is 2.55. The Hall–Kier alpha value is -1.62. The maximum atomic E-state index is 12.9. The topological polar surface area (TPSA) is 46.9 Å². The zero-order valence-corrected chi connectivity index (χ0v) is 17.1. The molecule has 0 aliphatic heterocycles. The molecule has 1 N–H and O–H groups in total. The van der Waals surface area contributed by atoms with Crippen LogP contribution in [0.5, 0.6) is 0 Å². The van der Waals surface area contributed by atoms with Crippen molar-refractivity contribution in [2.75, 3.05) is 5.32 Å². The lowest BCUT2D eigenvalue weighted by Crippen LogP contribution is -2.53. The van der Waals surface area contributed by atoms with Gasteiger partial charge in [0.15, 0.2) is 0 Å². The minimum atomic E-state index is 0.142. The van der Waals surface area contributed by atoms with Crippen LogP contribution in [0.3, 0.4) is 0 Å². The fourth-order valence-corrected chi connectivity index (χ4v) is 7.90. The van der Waals surface area contributed by atoms with Crippen molar-refractivity contribution < 1.29 is 4.79 Å². The third-order valence-corrected chi connectivity index (χ3v) is 7.73. The highest BCUT2D eigenvalue weighted by Gasteiger charge is 2.57. The first kappa shape index (κ1) is 17.5. The predicted molar refractivity (Wildman–Crippen MR) is 110 cm³/mol. The van der Waals surface area contributed by atoms with Crippen molar-refractivity contribution in [2.24, 2.45) is 17.3 Å². The van der Waals surface area contributed by atoms with E-state index in [9.17, 15) is 4.79 Å². The van der Waals surface area contributed by atoms with Gasteiger partial charge >= 0.3 is 0 Å². The van der Waals surface area contributed by atoms with Gasteiger partial charge in [-0.3, -0.25) is 4.79 Å². The van der Waals surface area contributed by atoms with Crippen molar-refractivity contribution in [2.45, 2.75) is 55.8 Å². The normalized spacial score (nSPS) is 34.0. The van der Waals surface area contributed by atoms with Crippen molar-refractivity contribution in [1.82, 2.24) is 9.78 Å². The zero-order chi connectivity index (χ0) is 18.5. The van der Waals surface area contributed by atoms with Crippen molar-refractivity contribution >= 4 is 27.7 Å². The van der Waals surface area contributed by atoms with Crippen LogP contribution in [0.15, 0.2) is 42.6 Å². The van der Waals surface area contributed by atoms with Gasteiger partial charge in [-0.2, -0.15) is 5.10 Å². The summed E-state index contributed by atoms with van der Waals surface area (Å²) in [4.78, 5) is 12.9. The van der Waals surface area contributed by atoms with Crippen LogP contribution < -0.4 is 5.32 Å². The highest BCUT2D eigenvalue weighted by Crippen LogP contribution is 2.65. The van der Waals surface area contributed by atoms with Gasteiger partial charge in [0.05, 0.1) is 12.7 Å². The second kappa shape index (κ2) is 6.47. The quantitative estimate of drug-likeness (QED) is 0.682. The number of amides is 1. The Morgan fingerprint density at radius 3 is 2.59 bits per heavy atom. The summed E-state index contributed by atoms with van der Waals surface area (Å²) in [6, 6.07) is 12.1. The van der Waals surface area contributed by atoms with Crippen LogP contribution in [0.25, 0.3) is 0 Å². The summed E-state index contributed by atoms with van der Waals surface area (Å²) in [5, 5.41) is 7.54. The largest absolute Gasteiger partial charge is 0.311 e. The Morgan fingerprint density at radius 1 is 1.15 bits per heavy atom. The number of hydrogen-bond acceptors (Lipinski definition) is 2. The second-order valence-corrected chi connectivity index (χ2v) is 10.9. The Labute approximate surface area is 168 Å². The Kier molecular flexibility index (Phi) is 4.19. The monoisotopic (exact) mass is 427 g/mol. The molecule has 4 aliphatic carbocycles. The number of aromatic nitrogens is 2. The predicted octanol–water partition coefficient (Wildman–Crippen LogP) is 4.99. The van der Waals surface area contributed by atoms with E-state index < -0.39 is 0 Å². The summed E-state index contributed by atoms with van der Waals surface area (Å²) in [5.41, 5.74) is 1.38. The standard InChI is InChI=1S/C22H26BrN3O/c23-22-11-17-8-18(12-22)10-21(9-17,15-22)13-20(27)25-19-6-7-24-26(19)14-16-4-2-1-3-5-16/h1-7,17-18H,8-15H2,(H,25,27). The van der Waals surface area contributed by atoms with Gasteiger partial charge in [0, 0.05) is 16.8 Å². The molecule has 4 bridgehead atoms. The van der Waals surface area contributed by atoms with Gasteiger partial charge in [0.2, 0.25) is 5.91 Å². The molecule has 142 valence electrons. The molecular weight excluding hydrogens is 402 g/mol. The molecule has 2 aromatic rings. The number of carbonyl (C=O) groups excluding carboxylic acids is 1. The first-order valence-electron chi connectivity index (χ1n) is 10.1. The Bertz CT molecular complexity index is 832. The molecule has 1 amide bonds. The third-order valence-electron chi connectivity index (χ3n) is 6.81. The molecule has 4 nitrogen and oxygen atoms in total. The van der Waals surface area contributed by atoms with E-state index in [0.29, 0.717) is 17.3 Å². The molecular formula is C22H26BrN3O. The maximum absolute atomic E-state index is 12.9. The summed E-state index contributed by atoms with van der Waals surface area (Å²) in [6.07, 6.45) is 10.00. The summed E-state index contributed by atoms with van der Waals surface area (Å²) < 4.78 is 2.17. The molecule has 5 heteroatoms. The van der Waals surface area contributed by atoms with Gasteiger partial charge in [-0.15, -0.1) is 0 Å². The lowest BCUT2D eigenvalue weighted by atomic mass is 9.48. The summed E-state index contributed by atoms with van der Waals surface area (Å²) in [6.45, 7) is 0.670. The number of anilines is 1. The number of alkyl halides is 1. The Balaban J connectivity index is 1.28. The number of nitrogens with zero attached hydrogens (tertiary/aromatic N) is 2. The van der Waals surface area contributed by atoms with E-state index >= 15 is 0 Å². The Morgan fingerprint density at radius 2 is 1.89 bits per heavy atom. The molecule has 0 radical (unpaired) electrons. The van der Waals surface area contributed by atoms with Gasteiger partial charge in [-0.05, 0) is 61.3 Å². The van der Waals surface area contributed by atoms with Crippen LogP contribution in [-0.4, -0.2) is 20.0 Å². The minimum Gasteiger partial charge on any atom is -0.311 e. The molecule has 4 saturated carbocycles. The van der Waals surface area contributed by atoms with E-state index in [-0.39, 0.29) is 11.3 Å². The van der Waals surface area contributed by atoms with Gasteiger partial charge in [-0.1, -0.05) is 46.3 Å². The van der Waals surface area contributed by atoms with Crippen molar-refractivity contribution in [3.63, 3.8) is 0 Å². The number of benzene rings is 1. The van der Waals surface area contributed by atoms with Crippen LogP contribution in [0.1, 0.15) is 50.5 Å². The van der Waals surface area contributed by atoms with Crippen molar-refractivity contribution in [3.8, 4) is 0 Å². The molecule has 1 heterocycles. The maximum Gasteiger partial charge on any atom is 0.226 e. The molecule has 0 saturated heterocycles. The van der Waals surface area contributed by atoms with Gasteiger partial charge < -0.3 is 5.32 Å².